The maximum absolute atomic E-state index is 6.16. The molecule has 3 heteroatoms. The Balaban J connectivity index is 1.88. The smallest absolute Gasteiger partial charge is 0.138 e. The molecule has 1 N–H and O–H groups in total. The predicted octanol–water partition coefficient (Wildman–Crippen LogP) is 4.38. The van der Waals surface area contributed by atoms with Gasteiger partial charge in [-0.25, -0.2) is 0 Å². The van der Waals surface area contributed by atoms with E-state index >= 15 is 0 Å². The fraction of sp³-hybridized carbons (Fsp3) is 0.333. The van der Waals surface area contributed by atoms with Crippen LogP contribution in [0.25, 0.3) is 0 Å². The Morgan fingerprint density at radius 2 is 1.76 bits per heavy atom. The number of nitrogens with one attached hydrogen (secondary N) is 1. The molecular formula is C18H22ClNO. The van der Waals surface area contributed by atoms with Crippen molar-refractivity contribution in [2.24, 2.45) is 0 Å². The first-order valence-corrected chi connectivity index (χ1v) is 7.74. The zero-order chi connectivity index (χ0) is 15.1. The van der Waals surface area contributed by atoms with E-state index in [1.807, 2.05) is 25.1 Å². The number of rotatable bonds is 7. The van der Waals surface area contributed by atoms with E-state index < -0.39 is 0 Å². The van der Waals surface area contributed by atoms with Crippen molar-refractivity contribution in [3.05, 3.63) is 64.2 Å². The van der Waals surface area contributed by atoms with Gasteiger partial charge in [0, 0.05) is 0 Å². The SMILES string of the molecule is CCNCCc1ccc(COc2ccc(C)cc2Cl)cc1. The molecule has 2 rings (SSSR count). The molecule has 0 aliphatic heterocycles. The van der Waals surface area contributed by atoms with Gasteiger partial charge in [-0.15, -0.1) is 0 Å². The van der Waals surface area contributed by atoms with E-state index in [0.29, 0.717) is 11.6 Å². The van der Waals surface area contributed by atoms with Crippen LogP contribution < -0.4 is 10.1 Å². The Labute approximate surface area is 132 Å². The summed E-state index contributed by atoms with van der Waals surface area (Å²) in [6, 6.07) is 14.4. The molecule has 0 radical (unpaired) electrons. The molecule has 0 heterocycles. The lowest BCUT2D eigenvalue weighted by atomic mass is 10.1. The van der Waals surface area contributed by atoms with Crippen molar-refractivity contribution in [2.45, 2.75) is 26.9 Å². The average Bonchev–Trinajstić information content (AvgIpc) is 2.48. The lowest BCUT2D eigenvalue weighted by Gasteiger charge is -2.09. The molecular weight excluding hydrogens is 282 g/mol. The van der Waals surface area contributed by atoms with Gasteiger partial charge in [-0.1, -0.05) is 48.9 Å². The Kier molecular flexibility index (Phi) is 6.09. The van der Waals surface area contributed by atoms with Crippen LogP contribution >= 0.6 is 11.6 Å². The number of aryl methyl sites for hydroxylation is 1. The number of benzene rings is 2. The molecule has 0 atom stereocenters. The molecule has 0 fully saturated rings. The van der Waals surface area contributed by atoms with E-state index in [4.69, 9.17) is 16.3 Å². The first-order valence-electron chi connectivity index (χ1n) is 7.36. The Morgan fingerprint density at radius 3 is 2.43 bits per heavy atom. The lowest BCUT2D eigenvalue weighted by Crippen LogP contribution is -2.15. The van der Waals surface area contributed by atoms with Gasteiger partial charge in [-0.05, 0) is 55.3 Å². The first-order chi connectivity index (χ1) is 10.2. The Hall–Kier alpha value is -1.51. The van der Waals surface area contributed by atoms with Crippen LogP contribution in [0.1, 0.15) is 23.6 Å². The lowest BCUT2D eigenvalue weighted by molar-refractivity contribution is 0.306. The molecule has 2 aromatic rings. The van der Waals surface area contributed by atoms with Gasteiger partial charge >= 0.3 is 0 Å². The first kappa shape index (κ1) is 15.9. The van der Waals surface area contributed by atoms with E-state index in [9.17, 15) is 0 Å². The van der Waals surface area contributed by atoms with Crippen LogP contribution in [0.15, 0.2) is 42.5 Å². The van der Waals surface area contributed by atoms with Crippen LogP contribution in [-0.2, 0) is 13.0 Å². The maximum atomic E-state index is 6.16. The third-order valence-electron chi connectivity index (χ3n) is 3.35. The summed E-state index contributed by atoms with van der Waals surface area (Å²) in [6.07, 6.45) is 1.05. The highest BCUT2D eigenvalue weighted by molar-refractivity contribution is 6.32. The van der Waals surface area contributed by atoms with Crippen molar-refractivity contribution >= 4 is 11.6 Å². The van der Waals surface area contributed by atoms with E-state index in [0.717, 1.165) is 36.4 Å². The third-order valence-corrected chi connectivity index (χ3v) is 3.64. The van der Waals surface area contributed by atoms with Crippen LogP contribution in [0.3, 0.4) is 0 Å². The predicted molar refractivity (Wildman–Crippen MR) is 89.2 cm³/mol. The molecule has 2 nitrogen and oxygen atoms in total. The fourth-order valence-electron chi connectivity index (χ4n) is 2.10. The van der Waals surface area contributed by atoms with E-state index in [1.165, 1.54) is 5.56 Å². The Morgan fingerprint density at radius 1 is 1.05 bits per heavy atom. The summed E-state index contributed by atoms with van der Waals surface area (Å²) in [6.45, 7) is 6.71. The van der Waals surface area contributed by atoms with Crippen molar-refractivity contribution < 1.29 is 4.74 Å². The number of ether oxygens (including phenoxy) is 1. The number of hydrogen-bond donors (Lipinski definition) is 1. The summed E-state index contributed by atoms with van der Waals surface area (Å²) >= 11 is 6.16. The van der Waals surface area contributed by atoms with Gasteiger partial charge in [0.05, 0.1) is 5.02 Å². The average molecular weight is 304 g/mol. The largest absolute Gasteiger partial charge is 0.487 e. The molecule has 21 heavy (non-hydrogen) atoms. The summed E-state index contributed by atoms with van der Waals surface area (Å²) in [7, 11) is 0. The minimum atomic E-state index is 0.538. The normalized spacial score (nSPS) is 10.6. The fourth-order valence-corrected chi connectivity index (χ4v) is 2.39. The van der Waals surface area contributed by atoms with Gasteiger partial charge in [0.2, 0.25) is 0 Å². The molecule has 0 spiro atoms. The van der Waals surface area contributed by atoms with Crippen molar-refractivity contribution in [3.8, 4) is 5.75 Å². The molecule has 0 aromatic heterocycles. The molecule has 0 aliphatic rings. The molecule has 0 unspecified atom stereocenters. The summed E-state index contributed by atoms with van der Waals surface area (Å²) in [4.78, 5) is 0. The van der Waals surface area contributed by atoms with Crippen molar-refractivity contribution in [2.75, 3.05) is 13.1 Å². The number of halogens is 1. The third kappa shape index (κ3) is 5.07. The minimum absolute atomic E-state index is 0.538. The van der Waals surface area contributed by atoms with Crippen LogP contribution in [0, 0.1) is 6.92 Å². The number of likely N-dealkylation sites (N-methyl/N-ethyl adjacent to an activating group) is 1. The van der Waals surface area contributed by atoms with E-state index in [-0.39, 0.29) is 0 Å². The second-order valence-electron chi connectivity index (χ2n) is 5.14. The second kappa shape index (κ2) is 8.06. The van der Waals surface area contributed by atoms with Crippen molar-refractivity contribution in [1.29, 1.82) is 0 Å². The van der Waals surface area contributed by atoms with Gasteiger partial charge in [0.25, 0.3) is 0 Å². The molecule has 112 valence electrons. The van der Waals surface area contributed by atoms with Crippen LogP contribution in [0.2, 0.25) is 5.02 Å². The quantitative estimate of drug-likeness (QED) is 0.766. The molecule has 2 aromatic carbocycles. The van der Waals surface area contributed by atoms with Crippen molar-refractivity contribution in [3.63, 3.8) is 0 Å². The summed E-state index contributed by atoms with van der Waals surface area (Å²) in [5, 5.41) is 3.99. The van der Waals surface area contributed by atoms with Gasteiger partial charge in [-0.3, -0.25) is 0 Å². The summed E-state index contributed by atoms with van der Waals surface area (Å²) < 4.78 is 5.77. The highest BCUT2D eigenvalue weighted by Gasteiger charge is 2.02. The number of hydrogen-bond acceptors (Lipinski definition) is 2. The van der Waals surface area contributed by atoms with Gasteiger partial charge < -0.3 is 10.1 Å². The van der Waals surface area contributed by atoms with Crippen LogP contribution in [0.5, 0.6) is 5.75 Å². The second-order valence-corrected chi connectivity index (χ2v) is 5.55. The zero-order valence-electron chi connectivity index (χ0n) is 12.7. The summed E-state index contributed by atoms with van der Waals surface area (Å²) in [5.74, 6) is 0.735. The van der Waals surface area contributed by atoms with Crippen molar-refractivity contribution in [1.82, 2.24) is 5.32 Å². The van der Waals surface area contributed by atoms with Gasteiger partial charge in [0.1, 0.15) is 12.4 Å². The maximum Gasteiger partial charge on any atom is 0.138 e. The summed E-state index contributed by atoms with van der Waals surface area (Å²) in [5.41, 5.74) is 3.63. The van der Waals surface area contributed by atoms with Gasteiger partial charge in [0.15, 0.2) is 0 Å². The van der Waals surface area contributed by atoms with Crippen LogP contribution in [-0.4, -0.2) is 13.1 Å². The minimum Gasteiger partial charge on any atom is -0.487 e. The topological polar surface area (TPSA) is 21.3 Å². The molecule has 0 aliphatic carbocycles. The van der Waals surface area contributed by atoms with Crippen LogP contribution in [0.4, 0.5) is 0 Å². The molecule has 0 bridgehead atoms. The monoisotopic (exact) mass is 303 g/mol. The van der Waals surface area contributed by atoms with E-state index in [2.05, 4.69) is 36.5 Å². The highest BCUT2D eigenvalue weighted by Crippen LogP contribution is 2.26. The molecule has 0 saturated carbocycles. The standard InChI is InChI=1S/C18H22ClNO/c1-3-20-11-10-15-5-7-16(8-6-15)13-21-18-9-4-14(2)12-17(18)19/h4-9,12,20H,3,10-11,13H2,1-2H3. The zero-order valence-corrected chi connectivity index (χ0v) is 13.4. The highest BCUT2D eigenvalue weighted by atomic mass is 35.5. The van der Waals surface area contributed by atoms with E-state index in [1.54, 1.807) is 0 Å². The molecule has 0 amide bonds. The molecule has 0 saturated heterocycles. The Bertz CT molecular complexity index is 566. The van der Waals surface area contributed by atoms with Gasteiger partial charge in [-0.2, -0.15) is 0 Å².